The summed E-state index contributed by atoms with van der Waals surface area (Å²) >= 11 is 0. The van der Waals surface area contributed by atoms with Gasteiger partial charge in [-0.2, -0.15) is 0 Å². The summed E-state index contributed by atoms with van der Waals surface area (Å²) in [5.41, 5.74) is 7.13. The van der Waals surface area contributed by atoms with Crippen LogP contribution in [-0.4, -0.2) is 30.6 Å². The molecular formula is C20H23N3O3. The number of pyridine rings is 1. The number of nitrogens with zero attached hydrogens (tertiary/aromatic N) is 2. The van der Waals surface area contributed by atoms with E-state index in [1.807, 2.05) is 30.3 Å². The lowest BCUT2D eigenvalue weighted by atomic mass is 9.81. The highest BCUT2D eigenvalue weighted by Gasteiger charge is 2.45. The van der Waals surface area contributed by atoms with Gasteiger partial charge < -0.3 is 19.9 Å². The minimum absolute atomic E-state index is 0.0366. The van der Waals surface area contributed by atoms with Gasteiger partial charge in [-0.3, -0.25) is 4.99 Å². The molecule has 3 heterocycles. The summed E-state index contributed by atoms with van der Waals surface area (Å²) in [5, 5.41) is 0. The van der Waals surface area contributed by atoms with Crippen molar-refractivity contribution < 1.29 is 14.2 Å². The Bertz CT molecular complexity index is 873. The highest BCUT2D eigenvalue weighted by molar-refractivity contribution is 5.83. The van der Waals surface area contributed by atoms with Crippen molar-refractivity contribution in [2.45, 2.75) is 26.3 Å². The average molecular weight is 353 g/mol. The first kappa shape index (κ1) is 16.8. The topological polar surface area (TPSA) is 79.0 Å². The van der Waals surface area contributed by atoms with E-state index < -0.39 is 5.54 Å². The first-order valence-corrected chi connectivity index (χ1v) is 8.70. The van der Waals surface area contributed by atoms with Crippen LogP contribution in [0.2, 0.25) is 0 Å². The van der Waals surface area contributed by atoms with Crippen molar-refractivity contribution in [1.82, 2.24) is 4.98 Å². The molecule has 6 heteroatoms. The molecular weight excluding hydrogens is 330 g/mol. The van der Waals surface area contributed by atoms with Crippen LogP contribution < -0.4 is 15.2 Å². The van der Waals surface area contributed by atoms with E-state index in [0.29, 0.717) is 37.3 Å². The highest BCUT2D eigenvalue weighted by Crippen LogP contribution is 2.50. The quantitative estimate of drug-likeness (QED) is 0.897. The van der Waals surface area contributed by atoms with Gasteiger partial charge in [-0.25, -0.2) is 4.98 Å². The maximum atomic E-state index is 6.06. The summed E-state index contributed by atoms with van der Waals surface area (Å²) in [5.74, 6) is 2.40. The summed E-state index contributed by atoms with van der Waals surface area (Å²) in [7, 11) is 0. The van der Waals surface area contributed by atoms with Gasteiger partial charge in [0.05, 0.1) is 19.4 Å². The molecule has 2 N–H and O–H groups in total. The monoisotopic (exact) mass is 353 g/mol. The fourth-order valence-electron chi connectivity index (χ4n) is 3.25. The Hall–Kier alpha value is -2.60. The zero-order valence-corrected chi connectivity index (χ0v) is 15.3. The van der Waals surface area contributed by atoms with Crippen molar-refractivity contribution in [3.63, 3.8) is 0 Å². The molecule has 2 aliphatic rings. The molecule has 1 spiro atoms. The van der Waals surface area contributed by atoms with Crippen LogP contribution in [0.1, 0.15) is 31.9 Å². The van der Waals surface area contributed by atoms with Gasteiger partial charge in [-0.15, -0.1) is 0 Å². The van der Waals surface area contributed by atoms with Crippen molar-refractivity contribution in [2.75, 3.05) is 19.8 Å². The molecule has 0 amide bonds. The molecule has 2 aliphatic heterocycles. The van der Waals surface area contributed by atoms with Crippen LogP contribution >= 0.6 is 0 Å². The van der Waals surface area contributed by atoms with Gasteiger partial charge in [-0.05, 0) is 11.5 Å². The van der Waals surface area contributed by atoms with Crippen molar-refractivity contribution in [3.8, 4) is 17.4 Å². The number of hydrogen-bond donors (Lipinski definition) is 1. The number of ether oxygens (including phenoxy) is 3. The Morgan fingerprint density at radius 1 is 1.19 bits per heavy atom. The van der Waals surface area contributed by atoms with Crippen molar-refractivity contribution in [3.05, 3.63) is 47.7 Å². The van der Waals surface area contributed by atoms with E-state index in [1.54, 1.807) is 6.20 Å². The van der Waals surface area contributed by atoms with Gasteiger partial charge in [0.2, 0.25) is 5.88 Å². The first-order chi connectivity index (χ1) is 12.4. The van der Waals surface area contributed by atoms with Crippen LogP contribution in [0, 0.1) is 5.41 Å². The van der Waals surface area contributed by atoms with Gasteiger partial charge in [-0.1, -0.05) is 39.0 Å². The van der Waals surface area contributed by atoms with E-state index in [9.17, 15) is 0 Å². The Morgan fingerprint density at radius 3 is 2.77 bits per heavy atom. The summed E-state index contributed by atoms with van der Waals surface area (Å²) in [6.07, 6.45) is 1.69. The molecule has 1 atom stereocenters. The third kappa shape index (κ3) is 2.90. The zero-order valence-electron chi connectivity index (χ0n) is 15.3. The van der Waals surface area contributed by atoms with Crippen LogP contribution in [0.25, 0.3) is 0 Å². The Balaban J connectivity index is 1.83. The van der Waals surface area contributed by atoms with Crippen LogP contribution in [-0.2, 0) is 10.3 Å². The Labute approximate surface area is 153 Å². The van der Waals surface area contributed by atoms with Gasteiger partial charge in [0.15, 0.2) is 5.75 Å². The predicted molar refractivity (Wildman–Crippen MR) is 98.9 cm³/mol. The minimum atomic E-state index is -0.741. The van der Waals surface area contributed by atoms with Crippen molar-refractivity contribution >= 4 is 5.84 Å². The lowest BCUT2D eigenvalue weighted by molar-refractivity contribution is 0.109. The second-order valence-electron chi connectivity index (χ2n) is 7.92. The molecule has 0 radical (unpaired) electrons. The third-order valence-electron chi connectivity index (χ3n) is 4.39. The Morgan fingerprint density at radius 2 is 2.00 bits per heavy atom. The van der Waals surface area contributed by atoms with E-state index in [2.05, 4.69) is 25.8 Å². The summed E-state index contributed by atoms with van der Waals surface area (Å²) < 4.78 is 17.7. The lowest BCUT2D eigenvalue weighted by Gasteiger charge is -2.39. The number of aliphatic imine (C=N–C) groups is 1. The number of para-hydroxylation sites is 1. The third-order valence-corrected chi connectivity index (χ3v) is 4.39. The molecule has 1 aromatic carbocycles. The van der Waals surface area contributed by atoms with E-state index >= 15 is 0 Å². The smallest absolute Gasteiger partial charge is 0.213 e. The van der Waals surface area contributed by atoms with E-state index in [-0.39, 0.29) is 5.41 Å². The van der Waals surface area contributed by atoms with Crippen LogP contribution in [0.15, 0.2) is 41.5 Å². The number of aromatic nitrogens is 1. The Kier molecular flexibility index (Phi) is 3.88. The molecule has 1 aromatic heterocycles. The highest BCUT2D eigenvalue weighted by atomic mass is 16.5. The molecule has 0 bridgehead atoms. The largest absolute Gasteiger partial charge is 0.477 e. The molecule has 0 aliphatic carbocycles. The van der Waals surface area contributed by atoms with Gasteiger partial charge >= 0.3 is 0 Å². The molecule has 0 saturated heterocycles. The first-order valence-electron chi connectivity index (χ1n) is 8.70. The number of amidine groups is 1. The predicted octanol–water partition coefficient (Wildman–Crippen LogP) is 3.24. The second kappa shape index (κ2) is 5.99. The molecule has 4 rings (SSSR count). The van der Waals surface area contributed by atoms with E-state index in [0.717, 1.165) is 16.9 Å². The average Bonchev–Trinajstić information content (AvgIpc) is 2.60. The summed E-state index contributed by atoms with van der Waals surface area (Å²) in [6, 6.07) is 9.71. The normalized spacial score (nSPS) is 21.4. The fourth-order valence-corrected chi connectivity index (χ4v) is 3.25. The van der Waals surface area contributed by atoms with E-state index in [1.165, 1.54) is 0 Å². The molecule has 136 valence electrons. The van der Waals surface area contributed by atoms with Crippen LogP contribution in [0.5, 0.6) is 17.4 Å². The number of rotatable bonds is 2. The summed E-state index contributed by atoms with van der Waals surface area (Å²) in [4.78, 5) is 9.21. The van der Waals surface area contributed by atoms with Gasteiger partial charge in [0.1, 0.15) is 23.7 Å². The molecule has 1 unspecified atom stereocenters. The van der Waals surface area contributed by atoms with Crippen LogP contribution in [0.3, 0.4) is 0 Å². The molecule has 6 nitrogen and oxygen atoms in total. The molecule has 0 fully saturated rings. The molecule has 26 heavy (non-hydrogen) atoms. The zero-order chi connectivity index (χ0) is 18.4. The lowest BCUT2D eigenvalue weighted by Crippen LogP contribution is -2.42. The van der Waals surface area contributed by atoms with Crippen molar-refractivity contribution in [2.24, 2.45) is 16.1 Å². The molecule has 0 saturated carbocycles. The van der Waals surface area contributed by atoms with Gasteiger partial charge in [0.25, 0.3) is 0 Å². The fraction of sp³-hybridized carbons (Fsp3) is 0.400. The number of hydrogen-bond acceptors (Lipinski definition) is 6. The number of fused-ring (bicyclic) bond motifs is 4. The minimum Gasteiger partial charge on any atom is -0.477 e. The van der Waals surface area contributed by atoms with Gasteiger partial charge in [0, 0.05) is 17.2 Å². The maximum Gasteiger partial charge on any atom is 0.213 e. The standard InChI is InChI=1S/C20H23N3O3/c1-19(2,3)11-25-18-8-14-16(9-22-18)26-15-7-5-4-6-13(15)20(14)12-24-10-17(21)23-20/h4-9H,10-12H2,1-3H3,(H2,21,23). The van der Waals surface area contributed by atoms with E-state index in [4.69, 9.17) is 24.9 Å². The SMILES string of the molecule is CC(C)(C)COc1cc2c(cn1)Oc1ccccc1C21COCC(N)=N1. The van der Waals surface area contributed by atoms with Crippen molar-refractivity contribution in [1.29, 1.82) is 0 Å². The summed E-state index contributed by atoms with van der Waals surface area (Å²) in [6.45, 7) is 7.64. The maximum absolute atomic E-state index is 6.06. The number of nitrogens with two attached hydrogens (primary N) is 1. The molecule has 2 aromatic rings. The number of benzene rings is 1. The second-order valence-corrected chi connectivity index (χ2v) is 7.92. The van der Waals surface area contributed by atoms with Crippen LogP contribution in [0.4, 0.5) is 0 Å².